The van der Waals surface area contributed by atoms with E-state index < -0.39 is 8.24 Å². The number of hydrogen-bond donors (Lipinski definition) is 0. The molecular formula is C54H37N3Si. The Hall–Kier alpha value is -7.40. The van der Waals surface area contributed by atoms with E-state index in [1.54, 1.807) is 0 Å². The van der Waals surface area contributed by atoms with Crippen LogP contribution in [0.15, 0.2) is 224 Å². The Labute approximate surface area is 337 Å². The molecule has 272 valence electrons. The summed E-state index contributed by atoms with van der Waals surface area (Å²) in [5.74, 6) is 0. The molecule has 12 rings (SSSR count). The number of nitrogens with zero attached hydrogens (tertiary/aromatic N) is 3. The lowest BCUT2D eigenvalue weighted by atomic mass is 10.1. The lowest BCUT2D eigenvalue weighted by Crippen LogP contribution is -2.72. The van der Waals surface area contributed by atoms with E-state index in [2.05, 4.69) is 238 Å². The molecule has 0 atom stereocenters. The second-order valence-corrected chi connectivity index (χ2v) is 18.8. The predicted octanol–water partition coefficient (Wildman–Crippen LogP) is 11.5. The molecule has 0 amide bonds. The fourth-order valence-corrected chi connectivity index (χ4v) is 15.1. The van der Waals surface area contributed by atoms with Crippen LogP contribution in [0.3, 0.4) is 0 Å². The van der Waals surface area contributed by atoms with Gasteiger partial charge in [0.15, 0.2) is 0 Å². The molecule has 0 saturated heterocycles. The van der Waals surface area contributed by atoms with Crippen molar-refractivity contribution in [2.45, 2.75) is 0 Å². The van der Waals surface area contributed by atoms with E-state index in [9.17, 15) is 0 Å². The van der Waals surface area contributed by atoms with Gasteiger partial charge in [0.05, 0.1) is 22.1 Å². The number of rotatable bonds is 6. The predicted molar refractivity (Wildman–Crippen MR) is 248 cm³/mol. The van der Waals surface area contributed by atoms with E-state index in [0.717, 1.165) is 5.69 Å². The van der Waals surface area contributed by atoms with Gasteiger partial charge in [-0.05, 0) is 70.2 Å². The van der Waals surface area contributed by atoms with Gasteiger partial charge in [-0.3, -0.25) is 0 Å². The molecule has 0 spiro atoms. The van der Waals surface area contributed by atoms with Gasteiger partial charge >= 0.3 is 0 Å². The van der Waals surface area contributed by atoms with Gasteiger partial charge in [-0.15, -0.1) is 0 Å². The van der Waals surface area contributed by atoms with E-state index >= 15 is 0 Å². The molecule has 0 fully saturated rings. The Morgan fingerprint density at radius 1 is 0.276 bits per heavy atom. The third kappa shape index (κ3) is 4.55. The monoisotopic (exact) mass is 755 g/mol. The molecule has 4 heteroatoms. The molecule has 58 heavy (non-hydrogen) atoms. The summed E-state index contributed by atoms with van der Waals surface area (Å²) < 4.78 is 7.71. The van der Waals surface area contributed by atoms with Crippen LogP contribution in [-0.4, -0.2) is 21.6 Å². The molecule has 0 aliphatic carbocycles. The minimum atomic E-state index is -3.18. The zero-order valence-corrected chi connectivity index (χ0v) is 32.7. The summed E-state index contributed by atoms with van der Waals surface area (Å²) in [5.41, 5.74) is 9.64. The first kappa shape index (κ1) is 32.8. The minimum absolute atomic E-state index is 1.16. The molecular weight excluding hydrogens is 719 g/mol. The molecule has 0 saturated carbocycles. The molecule has 3 aromatic heterocycles. The Bertz CT molecular complexity index is 3370. The molecule has 12 aromatic rings. The van der Waals surface area contributed by atoms with Crippen molar-refractivity contribution in [3.05, 3.63) is 224 Å². The van der Waals surface area contributed by atoms with Crippen molar-refractivity contribution < 1.29 is 0 Å². The van der Waals surface area contributed by atoms with Gasteiger partial charge in [0.25, 0.3) is 8.24 Å². The van der Waals surface area contributed by atoms with Crippen molar-refractivity contribution in [1.82, 2.24) is 13.4 Å². The van der Waals surface area contributed by atoms with Crippen LogP contribution in [0.2, 0.25) is 0 Å². The standard InChI is InChI=1S/C54H37N3Si/c1-3-19-39(20-4-1)58(40-21-5-2-6-22-40,57-51-31-15-10-25-43(51)44-26-11-16-32-52(44)57)54-34-18-17-33-53(54)56-49-30-14-9-27-45(49)46-37-38(35-36-50(46)56)55-47-28-12-7-23-41(47)42-24-8-13-29-48(42)55/h1-37H. The van der Waals surface area contributed by atoms with Crippen LogP contribution in [0.5, 0.6) is 0 Å². The van der Waals surface area contributed by atoms with E-state index in [4.69, 9.17) is 0 Å². The van der Waals surface area contributed by atoms with Crippen molar-refractivity contribution in [3.63, 3.8) is 0 Å². The van der Waals surface area contributed by atoms with Gasteiger partial charge in [0.1, 0.15) is 0 Å². The quantitative estimate of drug-likeness (QED) is 0.119. The van der Waals surface area contributed by atoms with Crippen molar-refractivity contribution in [3.8, 4) is 11.4 Å². The minimum Gasteiger partial charge on any atom is -0.355 e. The highest BCUT2D eigenvalue weighted by Gasteiger charge is 2.46. The molecule has 3 nitrogen and oxygen atoms in total. The highest BCUT2D eigenvalue weighted by molar-refractivity contribution is 7.11. The summed E-state index contributed by atoms with van der Waals surface area (Å²) in [7, 11) is -3.18. The fourth-order valence-electron chi connectivity index (χ4n) is 10.0. The van der Waals surface area contributed by atoms with Gasteiger partial charge in [-0.2, -0.15) is 0 Å². The van der Waals surface area contributed by atoms with Crippen LogP contribution in [0, 0.1) is 0 Å². The van der Waals surface area contributed by atoms with Gasteiger partial charge < -0.3 is 13.4 Å². The normalized spacial score (nSPS) is 12.1. The average molecular weight is 756 g/mol. The van der Waals surface area contributed by atoms with Crippen LogP contribution in [0.4, 0.5) is 0 Å². The van der Waals surface area contributed by atoms with Crippen molar-refractivity contribution in [1.29, 1.82) is 0 Å². The topological polar surface area (TPSA) is 14.8 Å². The molecule has 0 radical (unpaired) electrons. The third-order valence-corrected chi connectivity index (χ3v) is 17.0. The lowest BCUT2D eigenvalue weighted by molar-refractivity contribution is 1.17. The fraction of sp³-hybridized carbons (Fsp3) is 0. The molecule has 3 heterocycles. The molecule has 0 unspecified atom stereocenters. The van der Waals surface area contributed by atoms with Crippen LogP contribution in [0.1, 0.15) is 0 Å². The van der Waals surface area contributed by atoms with Gasteiger partial charge in [0.2, 0.25) is 0 Å². The summed E-state index contributed by atoms with van der Waals surface area (Å²) in [6, 6.07) is 83.3. The van der Waals surface area contributed by atoms with E-state index in [1.807, 2.05) is 0 Å². The Morgan fingerprint density at radius 3 is 1.19 bits per heavy atom. The van der Waals surface area contributed by atoms with Crippen molar-refractivity contribution >= 4 is 89.2 Å². The molecule has 0 N–H and O–H groups in total. The summed E-state index contributed by atoms with van der Waals surface area (Å²) in [6.45, 7) is 0. The maximum atomic E-state index is 2.75. The first-order chi connectivity index (χ1) is 28.8. The first-order valence-corrected chi connectivity index (χ1v) is 22.0. The number of fused-ring (bicyclic) bond motifs is 9. The lowest BCUT2D eigenvalue weighted by Gasteiger charge is -2.38. The van der Waals surface area contributed by atoms with Crippen LogP contribution in [-0.2, 0) is 0 Å². The number of aromatic nitrogens is 3. The smallest absolute Gasteiger partial charge is 0.259 e. The van der Waals surface area contributed by atoms with Crippen molar-refractivity contribution in [2.75, 3.05) is 0 Å². The largest absolute Gasteiger partial charge is 0.355 e. The molecule has 0 aliphatic heterocycles. The zero-order chi connectivity index (χ0) is 38.2. The summed E-state index contributed by atoms with van der Waals surface area (Å²) >= 11 is 0. The Morgan fingerprint density at radius 2 is 0.655 bits per heavy atom. The molecule has 9 aromatic carbocycles. The van der Waals surface area contributed by atoms with Gasteiger partial charge in [0, 0.05) is 54.7 Å². The Balaban J connectivity index is 1.21. The van der Waals surface area contributed by atoms with E-state index in [-0.39, 0.29) is 0 Å². The SMILES string of the molecule is c1ccc([Si](c2ccccc2)(c2ccccc2-n2c3ccccc3c3cc(-n4c5ccccc5c5ccccc54)ccc32)n2c3ccccc3c3ccccc32)cc1. The van der Waals surface area contributed by atoms with Crippen LogP contribution < -0.4 is 15.6 Å². The maximum Gasteiger partial charge on any atom is 0.259 e. The second kappa shape index (κ2) is 12.8. The third-order valence-electron chi connectivity index (χ3n) is 12.3. The van der Waals surface area contributed by atoms with Crippen LogP contribution in [0.25, 0.3) is 76.8 Å². The van der Waals surface area contributed by atoms with Gasteiger partial charge in [-0.1, -0.05) is 170 Å². The number of hydrogen-bond acceptors (Lipinski definition) is 0. The van der Waals surface area contributed by atoms with E-state index in [0.29, 0.717) is 0 Å². The van der Waals surface area contributed by atoms with E-state index in [1.165, 1.54) is 86.7 Å². The van der Waals surface area contributed by atoms with Crippen molar-refractivity contribution in [2.24, 2.45) is 0 Å². The number of para-hydroxylation sites is 6. The first-order valence-electron chi connectivity index (χ1n) is 20.0. The summed E-state index contributed by atoms with van der Waals surface area (Å²) in [4.78, 5) is 0. The van der Waals surface area contributed by atoms with Crippen LogP contribution >= 0.6 is 0 Å². The molecule has 0 bridgehead atoms. The number of benzene rings is 9. The van der Waals surface area contributed by atoms with Gasteiger partial charge in [-0.25, -0.2) is 0 Å². The molecule has 0 aliphatic rings. The average Bonchev–Trinajstić information content (AvgIpc) is 3.94. The highest BCUT2D eigenvalue weighted by atomic mass is 28.3. The summed E-state index contributed by atoms with van der Waals surface area (Å²) in [5, 5.41) is 11.5. The highest BCUT2D eigenvalue weighted by Crippen LogP contribution is 2.38. The second-order valence-electron chi connectivity index (χ2n) is 15.3. The zero-order valence-electron chi connectivity index (χ0n) is 31.7. The summed E-state index contributed by atoms with van der Waals surface area (Å²) in [6.07, 6.45) is 0. The maximum absolute atomic E-state index is 3.18. The Kier molecular flexibility index (Phi) is 7.25.